The van der Waals surface area contributed by atoms with Crippen molar-refractivity contribution in [1.29, 1.82) is 0 Å². The highest BCUT2D eigenvalue weighted by Gasteiger charge is 2.59. The van der Waals surface area contributed by atoms with Crippen LogP contribution in [0.15, 0.2) is 162 Å². The van der Waals surface area contributed by atoms with Gasteiger partial charge in [-0.05, 0) is 59.6 Å². The van der Waals surface area contributed by atoms with Crippen LogP contribution in [0.4, 0.5) is 0 Å². The predicted molar refractivity (Wildman–Crippen MR) is 202 cm³/mol. The number of rotatable bonds is 4. The first-order chi connectivity index (χ1) is 24.8. The summed E-state index contributed by atoms with van der Waals surface area (Å²) in [7, 11) is 0. The van der Waals surface area contributed by atoms with Crippen molar-refractivity contribution in [2.45, 2.75) is 49.5 Å². The van der Waals surface area contributed by atoms with E-state index in [1.807, 2.05) is 12.3 Å². The predicted octanol–water partition coefficient (Wildman–Crippen LogP) is 10.5. The largest absolute Gasteiger partial charge is 0.485 e. The highest BCUT2D eigenvalue weighted by molar-refractivity contribution is 5.89. The third-order valence-electron chi connectivity index (χ3n) is 11.3. The standard InChI is InChI=1S/C46H37N3O/c1-2-15-30(16-3-1)41-29-42(40-26-12-13-28-47-40)49-45(48-41)35-20-5-4-17-31(35)34-21-14-25-39-44(34)50-43-27-11-10-24-38(43)46(39)36-22-8-6-18-32(36)33-19-7-9-23-37(33)46/h1-11,15-24,26,28-29,32,36,43H,12-14,25,27H2. The first kappa shape index (κ1) is 29.3. The lowest BCUT2D eigenvalue weighted by atomic mass is 9.57. The van der Waals surface area contributed by atoms with Crippen LogP contribution in [0.3, 0.4) is 0 Å². The van der Waals surface area contributed by atoms with Gasteiger partial charge in [-0.15, -0.1) is 0 Å². The molecule has 6 aliphatic rings. The van der Waals surface area contributed by atoms with Crippen molar-refractivity contribution in [2.75, 3.05) is 0 Å². The van der Waals surface area contributed by atoms with Gasteiger partial charge >= 0.3 is 0 Å². The molecule has 4 atom stereocenters. The number of ether oxygens (including phenoxy) is 1. The van der Waals surface area contributed by atoms with E-state index in [4.69, 9.17) is 19.7 Å². The Labute approximate surface area is 293 Å². The van der Waals surface area contributed by atoms with E-state index in [0.29, 0.717) is 17.7 Å². The monoisotopic (exact) mass is 647 g/mol. The zero-order valence-corrected chi connectivity index (χ0v) is 27.9. The minimum atomic E-state index is -0.262. The third-order valence-corrected chi connectivity index (χ3v) is 11.3. The van der Waals surface area contributed by atoms with E-state index in [0.717, 1.165) is 77.2 Å². The molecule has 4 aliphatic carbocycles. The van der Waals surface area contributed by atoms with E-state index < -0.39 is 0 Å². The molecule has 2 aliphatic heterocycles. The summed E-state index contributed by atoms with van der Waals surface area (Å²) < 4.78 is 7.23. The van der Waals surface area contributed by atoms with Crippen molar-refractivity contribution in [3.63, 3.8) is 0 Å². The Morgan fingerprint density at radius 3 is 2.46 bits per heavy atom. The van der Waals surface area contributed by atoms with Gasteiger partial charge < -0.3 is 4.74 Å². The van der Waals surface area contributed by atoms with Crippen molar-refractivity contribution in [3.8, 4) is 22.6 Å². The molecule has 10 rings (SSSR count). The lowest BCUT2D eigenvalue weighted by Crippen LogP contribution is -2.46. The topological polar surface area (TPSA) is 47.4 Å². The number of fused-ring (bicyclic) bond motifs is 8. The zero-order valence-electron chi connectivity index (χ0n) is 27.9. The van der Waals surface area contributed by atoms with Gasteiger partial charge in [0.25, 0.3) is 0 Å². The highest BCUT2D eigenvalue weighted by Crippen LogP contribution is 2.65. The van der Waals surface area contributed by atoms with Crippen LogP contribution in [0.5, 0.6) is 0 Å². The number of nitrogens with zero attached hydrogens (tertiary/aromatic N) is 3. The van der Waals surface area contributed by atoms with Crippen LogP contribution < -0.4 is 0 Å². The Kier molecular flexibility index (Phi) is 6.90. The van der Waals surface area contributed by atoms with Gasteiger partial charge in [-0.1, -0.05) is 134 Å². The molecule has 1 spiro atoms. The van der Waals surface area contributed by atoms with Crippen LogP contribution in [-0.2, 0) is 10.2 Å². The molecule has 0 saturated carbocycles. The summed E-state index contributed by atoms with van der Waals surface area (Å²) in [5.74, 6) is 2.37. The second kappa shape index (κ2) is 11.8. The van der Waals surface area contributed by atoms with E-state index in [2.05, 4.69) is 134 Å². The van der Waals surface area contributed by atoms with Gasteiger partial charge in [0.15, 0.2) is 5.82 Å². The fourth-order valence-electron chi connectivity index (χ4n) is 9.30. The number of hydrogen-bond acceptors (Lipinski definition) is 4. The average molecular weight is 648 g/mol. The molecular formula is C46H37N3O. The quantitative estimate of drug-likeness (QED) is 0.221. The van der Waals surface area contributed by atoms with Crippen LogP contribution in [0.2, 0.25) is 0 Å². The third kappa shape index (κ3) is 4.41. The van der Waals surface area contributed by atoms with Gasteiger partial charge in [0.2, 0.25) is 0 Å². The van der Waals surface area contributed by atoms with Crippen molar-refractivity contribution in [2.24, 2.45) is 10.9 Å². The second-order valence-corrected chi connectivity index (χ2v) is 13.9. The maximum absolute atomic E-state index is 7.23. The number of aromatic nitrogens is 2. The molecule has 4 unspecified atom stereocenters. The average Bonchev–Trinajstić information content (AvgIpc) is 3.49. The Morgan fingerprint density at radius 1 is 0.740 bits per heavy atom. The summed E-state index contributed by atoms with van der Waals surface area (Å²) in [5.41, 5.74) is 12.4. The van der Waals surface area contributed by atoms with E-state index in [1.54, 1.807) is 0 Å². The van der Waals surface area contributed by atoms with Gasteiger partial charge in [0, 0.05) is 41.2 Å². The molecule has 242 valence electrons. The van der Waals surface area contributed by atoms with Crippen LogP contribution in [0, 0.1) is 5.92 Å². The van der Waals surface area contributed by atoms with Gasteiger partial charge in [0.05, 0.1) is 22.5 Å². The Bertz CT molecular complexity index is 2300. The summed E-state index contributed by atoms with van der Waals surface area (Å²) in [4.78, 5) is 15.2. The van der Waals surface area contributed by atoms with Crippen molar-refractivity contribution in [1.82, 2.24) is 9.97 Å². The summed E-state index contributed by atoms with van der Waals surface area (Å²) in [5, 5.41) is 0. The van der Waals surface area contributed by atoms with Crippen molar-refractivity contribution < 1.29 is 4.74 Å². The van der Waals surface area contributed by atoms with Crippen LogP contribution in [0.1, 0.15) is 60.4 Å². The normalized spacial score (nSPS) is 25.6. The Hall–Kier alpha value is -5.61. The number of hydrogen-bond donors (Lipinski definition) is 0. The molecule has 3 heterocycles. The maximum atomic E-state index is 7.23. The molecule has 0 bridgehead atoms. The van der Waals surface area contributed by atoms with Crippen LogP contribution in [0.25, 0.3) is 33.9 Å². The fraction of sp³-hybridized carbons (Fsp3) is 0.196. The first-order valence-corrected chi connectivity index (χ1v) is 18.0. The van der Waals surface area contributed by atoms with Crippen molar-refractivity contribution >= 4 is 17.5 Å². The smallest absolute Gasteiger partial charge is 0.161 e. The molecule has 0 saturated heterocycles. The second-order valence-electron chi connectivity index (χ2n) is 13.9. The number of benzene rings is 3. The molecule has 4 heteroatoms. The molecule has 0 N–H and O–H groups in total. The van der Waals surface area contributed by atoms with E-state index >= 15 is 0 Å². The van der Waals surface area contributed by atoms with Gasteiger partial charge in [0.1, 0.15) is 11.9 Å². The molecule has 4 nitrogen and oxygen atoms in total. The molecule has 4 aromatic rings. The molecule has 0 fully saturated rings. The SMILES string of the molecule is C1=CCC2OC3=C(CCC=C3c3ccccc3-c3nc(C4=CCCC=N4)cc(-c4ccccc4)n3)C3(C2=C1)c1ccccc1C1C=CC=CC13. The van der Waals surface area contributed by atoms with Gasteiger partial charge in [-0.3, -0.25) is 4.99 Å². The minimum Gasteiger partial charge on any atom is -0.485 e. The zero-order chi connectivity index (χ0) is 33.1. The highest BCUT2D eigenvalue weighted by atomic mass is 16.5. The minimum absolute atomic E-state index is 0.0288. The van der Waals surface area contributed by atoms with Gasteiger partial charge in [-0.2, -0.15) is 0 Å². The van der Waals surface area contributed by atoms with Gasteiger partial charge in [-0.25, -0.2) is 9.97 Å². The summed E-state index contributed by atoms with van der Waals surface area (Å²) in [6.45, 7) is 0. The summed E-state index contributed by atoms with van der Waals surface area (Å²) in [6.07, 6.45) is 27.5. The van der Waals surface area contributed by atoms with Crippen molar-refractivity contribution in [3.05, 3.63) is 179 Å². The van der Waals surface area contributed by atoms with E-state index in [-0.39, 0.29) is 11.5 Å². The molecule has 0 amide bonds. The molecular weight excluding hydrogens is 611 g/mol. The Morgan fingerprint density at radius 2 is 1.56 bits per heavy atom. The molecule has 0 radical (unpaired) electrons. The summed E-state index contributed by atoms with van der Waals surface area (Å²) in [6, 6.07) is 30.3. The van der Waals surface area contributed by atoms with Crippen LogP contribution in [-0.4, -0.2) is 22.3 Å². The fourth-order valence-corrected chi connectivity index (χ4v) is 9.30. The lowest BCUT2D eigenvalue weighted by Gasteiger charge is -2.50. The first-order valence-electron chi connectivity index (χ1n) is 18.0. The molecule has 1 aromatic heterocycles. The molecule has 50 heavy (non-hydrogen) atoms. The summed E-state index contributed by atoms with van der Waals surface area (Å²) >= 11 is 0. The maximum Gasteiger partial charge on any atom is 0.161 e. The molecule has 3 aromatic carbocycles. The van der Waals surface area contributed by atoms with E-state index in [9.17, 15) is 0 Å². The van der Waals surface area contributed by atoms with Crippen LogP contribution >= 0.6 is 0 Å². The number of allylic oxidation sites excluding steroid dienone is 10. The number of aliphatic imine (C=N–C) groups is 1. The lowest BCUT2D eigenvalue weighted by molar-refractivity contribution is 0.114. The Balaban J connectivity index is 1.18. The van der Waals surface area contributed by atoms with E-state index in [1.165, 1.54) is 22.3 Å².